The van der Waals surface area contributed by atoms with E-state index in [0.29, 0.717) is 17.8 Å². The number of rotatable bonds is 1. The van der Waals surface area contributed by atoms with Gasteiger partial charge in [0.2, 0.25) is 0 Å². The van der Waals surface area contributed by atoms with E-state index in [2.05, 4.69) is 53.2 Å². The van der Waals surface area contributed by atoms with Crippen LogP contribution in [-0.2, 0) is 18.9 Å². The van der Waals surface area contributed by atoms with Crippen LogP contribution in [0.15, 0.2) is 46.0 Å². The Bertz CT molecular complexity index is 1010. The van der Waals surface area contributed by atoms with Crippen LogP contribution in [0.4, 0.5) is 0 Å². The van der Waals surface area contributed by atoms with Crippen molar-refractivity contribution in [3.8, 4) is 0 Å². The molecule has 4 nitrogen and oxygen atoms in total. The molecule has 176 valence electrons. The predicted octanol–water partition coefficient (Wildman–Crippen LogP) is 6.26. The summed E-state index contributed by atoms with van der Waals surface area (Å²) in [6, 6.07) is 8.98. The van der Waals surface area contributed by atoms with Crippen molar-refractivity contribution < 1.29 is 18.9 Å². The van der Waals surface area contributed by atoms with Gasteiger partial charge in [0, 0.05) is 35.1 Å². The first-order chi connectivity index (χ1) is 16.0. The lowest BCUT2D eigenvalue weighted by Gasteiger charge is -2.53. The molecular formula is C28H33BrO4. The minimum absolute atomic E-state index is 0.0129. The van der Waals surface area contributed by atoms with Crippen molar-refractivity contribution in [3.05, 3.63) is 51.5 Å². The molecule has 2 spiro atoms. The molecule has 4 aliphatic carbocycles. The fourth-order valence-electron chi connectivity index (χ4n) is 8.33. The Morgan fingerprint density at radius 2 is 1.61 bits per heavy atom. The standard InChI is InChI=1S/C28H33BrO4/c1-26-17-23(18-2-5-20(29)6-3-18)25-21-8-10-27(30-12-13-31-27)16-19(21)4-7-22(25)24(26)9-11-28(26)32-14-15-33-28/h2-6,21-22,24H,7-17H2,1H3/t21-,22-,24-,26-/m0/s1. The van der Waals surface area contributed by atoms with Gasteiger partial charge >= 0.3 is 0 Å². The maximum atomic E-state index is 6.43. The van der Waals surface area contributed by atoms with E-state index >= 15 is 0 Å². The molecule has 33 heavy (non-hydrogen) atoms. The Balaban J connectivity index is 1.35. The highest BCUT2D eigenvalue weighted by atomic mass is 79.9. The van der Waals surface area contributed by atoms with Gasteiger partial charge in [0.15, 0.2) is 11.6 Å². The van der Waals surface area contributed by atoms with Crippen LogP contribution in [0.25, 0.3) is 5.57 Å². The van der Waals surface area contributed by atoms with Crippen molar-refractivity contribution in [2.75, 3.05) is 26.4 Å². The van der Waals surface area contributed by atoms with Gasteiger partial charge in [-0.15, -0.1) is 0 Å². The molecule has 0 N–H and O–H groups in total. The minimum Gasteiger partial charge on any atom is -0.347 e. The Hall–Kier alpha value is -0.980. The quantitative estimate of drug-likeness (QED) is 0.416. The molecule has 1 aromatic rings. The summed E-state index contributed by atoms with van der Waals surface area (Å²) in [5, 5.41) is 0. The third kappa shape index (κ3) is 3.02. The highest BCUT2D eigenvalue weighted by Gasteiger charge is 2.65. The molecule has 0 radical (unpaired) electrons. The van der Waals surface area contributed by atoms with E-state index in [0.717, 1.165) is 69.4 Å². The fourth-order valence-corrected chi connectivity index (χ4v) is 8.59. The van der Waals surface area contributed by atoms with Gasteiger partial charge in [-0.25, -0.2) is 0 Å². The number of fused-ring (bicyclic) bond motifs is 6. The van der Waals surface area contributed by atoms with Crippen LogP contribution < -0.4 is 0 Å². The summed E-state index contributed by atoms with van der Waals surface area (Å²) in [5.41, 5.74) is 6.19. The summed E-state index contributed by atoms with van der Waals surface area (Å²) in [6.45, 7) is 5.38. The number of ether oxygens (including phenoxy) is 4. The van der Waals surface area contributed by atoms with Crippen molar-refractivity contribution in [2.45, 2.75) is 63.4 Å². The van der Waals surface area contributed by atoms with Crippen molar-refractivity contribution in [2.24, 2.45) is 23.2 Å². The lowest BCUT2D eigenvalue weighted by atomic mass is 9.54. The van der Waals surface area contributed by atoms with Gasteiger partial charge in [-0.05, 0) is 60.8 Å². The molecule has 4 atom stereocenters. The molecule has 6 aliphatic rings. The van der Waals surface area contributed by atoms with Gasteiger partial charge in [0.25, 0.3) is 0 Å². The molecular weight excluding hydrogens is 480 g/mol. The van der Waals surface area contributed by atoms with Crippen LogP contribution in [0.3, 0.4) is 0 Å². The van der Waals surface area contributed by atoms with Crippen molar-refractivity contribution in [1.82, 2.24) is 0 Å². The summed E-state index contributed by atoms with van der Waals surface area (Å²) in [4.78, 5) is 0. The minimum atomic E-state index is -0.407. The highest BCUT2D eigenvalue weighted by Crippen LogP contribution is 2.67. The van der Waals surface area contributed by atoms with E-state index < -0.39 is 5.79 Å². The average molecular weight is 513 g/mol. The smallest absolute Gasteiger partial charge is 0.174 e. The van der Waals surface area contributed by atoms with Gasteiger partial charge in [-0.2, -0.15) is 0 Å². The molecule has 2 saturated carbocycles. The van der Waals surface area contributed by atoms with Gasteiger partial charge in [0.05, 0.1) is 26.4 Å². The molecule has 5 heteroatoms. The van der Waals surface area contributed by atoms with E-state index in [9.17, 15) is 0 Å². The number of allylic oxidation sites excluding steroid dienone is 3. The van der Waals surface area contributed by atoms with E-state index in [1.165, 1.54) is 12.0 Å². The molecule has 2 aliphatic heterocycles. The monoisotopic (exact) mass is 512 g/mol. The maximum absolute atomic E-state index is 6.43. The lowest BCUT2D eigenvalue weighted by molar-refractivity contribution is -0.226. The van der Waals surface area contributed by atoms with Crippen molar-refractivity contribution in [3.63, 3.8) is 0 Å². The second kappa shape index (κ2) is 7.51. The number of hydrogen-bond acceptors (Lipinski definition) is 4. The first-order valence-electron chi connectivity index (χ1n) is 12.8. The summed E-state index contributed by atoms with van der Waals surface area (Å²) in [5.74, 6) is 0.933. The molecule has 2 saturated heterocycles. The Morgan fingerprint density at radius 1 is 0.879 bits per heavy atom. The topological polar surface area (TPSA) is 36.9 Å². The normalized spacial score (nSPS) is 38.4. The second-order valence-corrected chi connectivity index (χ2v) is 12.0. The fraction of sp³-hybridized carbons (Fsp3) is 0.643. The maximum Gasteiger partial charge on any atom is 0.174 e. The molecule has 0 amide bonds. The molecule has 0 aromatic heterocycles. The first kappa shape index (κ1) is 21.3. The third-order valence-corrected chi connectivity index (χ3v) is 10.3. The van der Waals surface area contributed by atoms with Gasteiger partial charge in [-0.1, -0.05) is 52.2 Å². The molecule has 7 rings (SSSR count). The zero-order valence-electron chi connectivity index (χ0n) is 19.4. The van der Waals surface area contributed by atoms with Crippen LogP contribution in [0.2, 0.25) is 0 Å². The Morgan fingerprint density at radius 3 is 2.36 bits per heavy atom. The van der Waals surface area contributed by atoms with Crippen LogP contribution in [-0.4, -0.2) is 38.0 Å². The summed E-state index contributed by atoms with van der Waals surface area (Å²) in [6.07, 6.45) is 9.98. The van der Waals surface area contributed by atoms with E-state index in [4.69, 9.17) is 18.9 Å². The Kier molecular flexibility index (Phi) is 4.85. The molecule has 1 aromatic carbocycles. The SMILES string of the molecule is C[C@]12CC(c3ccc(Br)cc3)=C3[C@H]4CCC5(CC4=CC[C@H]3[C@@H]1CCC21OCCO1)OCCO5. The largest absolute Gasteiger partial charge is 0.347 e. The average Bonchev–Trinajstić information content (AvgIpc) is 3.55. The highest BCUT2D eigenvalue weighted by molar-refractivity contribution is 9.10. The predicted molar refractivity (Wildman–Crippen MR) is 129 cm³/mol. The van der Waals surface area contributed by atoms with E-state index in [1.807, 2.05) is 0 Å². The van der Waals surface area contributed by atoms with Crippen LogP contribution in [0, 0.1) is 23.2 Å². The second-order valence-electron chi connectivity index (χ2n) is 11.1. The Labute approximate surface area is 204 Å². The third-order valence-electron chi connectivity index (χ3n) is 9.75. The lowest BCUT2D eigenvalue weighted by Crippen LogP contribution is -2.51. The van der Waals surface area contributed by atoms with Gasteiger partial charge in [0.1, 0.15) is 0 Å². The molecule has 0 bridgehead atoms. The van der Waals surface area contributed by atoms with E-state index in [1.54, 1.807) is 16.7 Å². The summed E-state index contributed by atoms with van der Waals surface area (Å²) < 4.78 is 26.2. The summed E-state index contributed by atoms with van der Waals surface area (Å²) >= 11 is 3.64. The van der Waals surface area contributed by atoms with Crippen LogP contribution in [0.5, 0.6) is 0 Å². The summed E-state index contributed by atoms with van der Waals surface area (Å²) in [7, 11) is 0. The van der Waals surface area contributed by atoms with Crippen LogP contribution in [0.1, 0.15) is 57.4 Å². The van der Waals surface area contributed by atoms with Gasteiger partial charge < -0.3 is 18.9 Å². The molecule has 4 fully saturated rings. The zero-order chi connectivity index (χ0) is 22.3. The van der Waals surface area contributed by atoms with Crippen LogP contribution >= 0.6 is 15.9 Å². The van der Waals surface area contributed by atoms with Gasteiger partial charge in [-0.3, -0.25) is 0 Å². The number of benzene rings is 1. The molecule has 2 heterocycles. The first-order valence-corrected chi connectivity index (χ1v) is 13.6. The van der Waals surface area contributed by atoms with Crippen molar-refractivity contribution in [1.29, 1.82) is 0 Å². The number of hydrogen-bond donors (Lipinski definition) is 0. The van der Waals surface area contributed by atoms with E-state index in [-0.39, 0.29) is 11.2 Å². The number of halogens is 1. The molecule has 0 unspecified atom stereocenters. The zero-order valence-corrected chi connectivity index (χ0v) is 21.0. The van der Waals surface area contributed by atoms with Crippen molar-refractivity contribution >= 4 is 21.5 Å².